The molecule has 1 aromatic rings. The number of nitrogens with one attached hydrogen (secondary N) is 2. The molecule has 0 spiro atoms. The molecule has 0 saturated carbocycles. The second-order valence-corrected chi connectivity index (χ2v) is 6.47. The molecule has 26 heavy (non-hydrogen) atoms. The van der Waals surface area contributed by atoms with Gasteiger partial charge in [0.25, 0.3) is 0 Å². The maximum atomic E-state index is 5.69. The van der Waals surface area contributed by atoms with Crippen molar-refractivity contribution in [2.75, 3.05) is 60.2 Å². The van der Waals surface area contributed by atoms with E-state index in [4.69, 9.17) is 13.9 Å². The number of hydrogen-bond acceptors (Lipinski definition) is 5. The van der Waals surface area contributed by atoms with Gasteiger partial charge in [0.2, 0.25) is 0 Å². The summed E-state index contributed by atoms with van der Waals surface area (Å²) in [5.41, 5.74) is 0. The lowest BCUT2D eigenvalue weighted by Gasteiger charge is -2.33. The Labute approximate surface area is 157 Å². The van der Waals surface area contributed by atoms with Gasteiger partial charge in [-0.25, -0.2) is 0 Å². The van der Waals surface area contributed by atoms with Crippen molar-refractivity contribution in [1.82, 2.24) is 15.5 Å². The van der Waals surface area contributed by atoms with Gasteiger partial charge in [-0.2, -0.15) is 0 Å². The zero-order chi connectivity index (χ0) is 18.5. The second kappa shape index (κ2) is 12.7. The molecule has 1 aliphatic heterocycles. The van der Waals surface area contributed by atoms with Gasteiger partial charge in [-0.05, 0) is 44.5 Å². The molecule has 1 atom stereocenters. The molecule has 7 heteroatoms. The fourth-order valence-corrected chi connectivity index (χ4v) is 3.16. The largest absolute Gasteiger partial charge is 0.468 e. The summed E-state index contributed by atoms with van der Waals surface area (Å²) in [4.78, 5) is 6.82. The number of furan rings is 1. The predicted octanol–water partition coefficient (Wildman–Crippen LogP) is 2.02. The Balaban J connectivity index is 1.73. The summed E-state index contributed by atoms with van der Waals surface area (Å²) >= 11 is 0. The van der Waals surface area contributed by atoms with Crippen LogP contribution in [0.1, 0.15) is 37.5 Å². The van der Waals surface area contributed by atoms with E-state index in [1.54, 1.807) is 20.4 Å². The van der Waals surface area contributed by atoms with Crippen LogP contribution >= 0.6 is 0 Å². The molecule has 0 bridgehead atoms. The fourth-order valence-electron chi connectivity index (χ4n) is 3.16. The number of hydrogen-bond donors (Lipinski definition) is 2. The van der Waals surface area contributed by atoms with Crippen LogP contribution in [-0.4, -0.2) is 71.0 Å². The fraction of sp³-hybridized carbons (Fsp3) is 0.737. The first-order valence-corrected chi connectivity index (χ1v) is 9.63. The van der Waals surface area contributed by atoms with Gasteiger partial charge in [-0.15, -0.1) is 0 Å². The van der Waals surface area contributed by atoms with Crippen molar-refractivity contribution in [1.29, 1.82) is 0 Å². The Hall–Kier alpha value is -1.57. The molecular formula is C19H34N4O3. The highest BCUT2D eigenvalue weighted by atomic mass is 16.5. The molecule has 1 aliphatic rings. The zero-order valence-corrected chi connectivity index (χ0v) is 16.2. The van der Waals surface area contributed by atoms with Gasteiger partial charge in [-0.3, -0.25) is 9.89 Å². The highest BCUT2D eigenvalue weighted by molar-refractivity contribution is 5.79. The monoisotopic (exact) mass is 366 g/mol. The van der Waals surface area contributed by atoms with Gasteiger partial charge >= 0.3 is 0 Å². The molecule has 2 heterocycles. The topological polar surface area (TPSA) is 71.3 Å². The average molecular weight is 367 g/mol. The maximum absolute atomic E-state index is 5.69. The minimum atomic E-state index is 0.237. The highest BCUT2D eigenvalue weighted by Gasteiger charge is 2.24. The molecule has 2 rings (SSSR count). The molecule has 1 unspecified atom stereocenters. The van der Waals surface area contributed by atoms with E-state index in [2.05, 4.69) is 26.6 Å². The van der Waals surface area contributed by atoms with Crippen molar-refractivity contribution in [2.45, 2.75) is 31.7 Å². The molecule has 1 saturated heterocycles. The van der Waals surface area contributed by atoms with Crippen molar-refractivity contribution < 1.29 is 13.9 Å². The van der Waals surface area contributed by atoms with Crippen molar-refractivity contribution in [2.24, 2.45) is 4.99 Å². The summed E-state index contributed by atoms with van der Waals surface area (Å²) in [5.74, 6) is 1.83. The molecular weight excluding hydrogens is 332 g/mol. The van der Waals surface area contributed by atoms with Crippen LogP contribution in [0.2, 0.25) is 0 Å². The average Bonchev–Trinajstić information content (AvgIpc) is 3.21. The van der Waals surface area contributed by atoms with Crippen LogP contribution < -0.4 is 10.6 Å². The first kappa shape index (κ1) is 20.7. The van der Waals surface area contributed by atoms with E-state index in [9.17, 15) is 0 Å². The Morgan fingerprint density at radius 1 is 1.23 bits per heavy atom. The third-order valence-electron chi connectivity index (χ3n) is 4.58. The van der Waals surface area contributed by atoms with Crippen molar-refractivity contribution in [3.05, 3.63) is 24.2 Å². The second-order valence-electron chi connectivity index (χ2n) is 6.47. The van der Waals surface area contributed by atoms with E-state index in [-0.39, 0.29) is 6.04 Å². The van der Waals surface area contributed by atoms with E-state index in [1.807, 2.05) is 6.07 Å². The molecule has 0 aromatic carbocycles. The molecule has 1 fully saturated rings. The summed E-state index contributed by atoms with van der Waals surface area (Å²) in [6.07, 6.45) is 6.52. The SMILES string of the molecule is CN=C(NCCCOCCOC)NCC(c1ccco1)N1CCCCC1. The summed E-state index contributed by atoms with van der Waals surface area (Å²) in [6, 6.07) is 4.26. The van der Waals surface area contributed by atoms with Gasteiger partial charge in [0.05, 0.1) is 25.5 Å². The first-order chi connectivity index (χ1) is 12.8. The summed E-state index contributed by atoms with van der Waals surface area (Å²) < 4.78 is 16.1. The number of aliphatic imine (C=N–C) groups is 1. The third kappa shape index (κ3) is 7.35. The molecule has 1 aromatic heterocycles. The Bertz CT molecular complexity index is 487. The van der Waals surface area contributed by atoms with Crippen molar-refractivity contribution in [3.8, 4) is 0 Å². The van der Waals surface area contributed by atoms with E-state index in [0.29, 0.717) is 13.2 Å². The number of likely N-dealkylation sites (tertiary alicyclic amines) is 1. The normalized spacial score (nSPS) is 17.2. The summed E-state index contributed by atoms with van der Waals surface area (Å²) in [7, 11) is 3.48. The van der Waals surface area contributed by atoms with Crippen LogP contribution in [0.4, 0.5) is 0 Å². The number of nitrogens with zero attached hydrogens (tertiary/aromatic N) is 2. The van der Waals surface area contributed by atoms with Crippen LogP contribution in [0.25, 0.3) is 0 Å². The first-order valence-electron chi connectivity index (χ1n) is 9.63. The Morgan fingerprint density at radius 2 is 2.08 bits per heavy atom. The molecule has 0 aliphatic carbocycles. The van der Waals surface area contributed by atoms with Gasteiger partial charge in [-0.1, -0.05) is 6.42 Å². The van der Waals surface area contributed by atoms with E-state index < -0.39 is 0 Å². The van der Waals surface area contributed by atoms with Gasteiger partial charge < -0.3 is 24.5 Å². The predicted molar refractivity (Wildman–Crippen MR) is 104 cm³/mol. The van der Waals surface area contributed by atoms with Gasteiger partial charge in [0.1, 0.15) is 5.76 Å². The lowest BCUT2D eigenvalue weighted by molar-refractivity contribution is 0.0698. The molecule has 0 amide bonds. The maximum Gasteiger partial charge on any atom is 0.191 e. The van der Waals surface area contributed by atoms with Crippen molar-refractivity contribution >= 4 is 5.96 Å². The van der Waals surface area contributed by atoms with Crippen LogP contribution in [0.15, 0.2) is 27.8 Å². The smallest absolute Gasteiger partial charge is 0.191 e. The number of methoxy groups -OCH3 is 1. The quantitative estimate of drug-likeness (QED) is 0.355. The molecule has 0 radical (unpaired) electrons. The zero-order valence-electron chi connectivity index (χ0n) is 16.2. The third-order valence-corrected chi connectivity index (χ3v) is 4.58. The van der Waals surface area contributed by atoms with E-state index >= 15 is 0 Å². The minimum Gasteiger partial charge on any atom is -0.468 e. The molecule has 148 valence electrons. The standard InChI is InChI=1S/C19H34N4O3/c1-20-19(21-9-7-12-25-15-14-24-2)22-16-17(18-8-6-13-26-18)23-10-4-3-5-11-23/h6,8,13,17H,3-5,7,9-12,14-16H2,1-2H3,(H2,20,21,22). The van der Waals surface area contributed by atoms with Crippen LogP contribution in [-0.2, 0) is 9.47 Å². The number of rotatable bonds is 11. The lowest BCUT2D eigenvalue weighted by atomic mass is 10.1. The van der Waals surface area contributed by atoms with Crippen LogP contribution in [0, 0.1) is 0 Å². The summed E-state index contributed by atoms with van der Waals surface area (Å²) in [6.45, 7) is 5.84. The number of guanidine groups is 1. The van der Waals surface area contributed by atoms with E-state index in [0.717, 1.165) is 50.9 Å². The molecule has 2 N–H and O–H groups in total. The number of ether oxygens (including phenoxy) is 2. The lowest BCUT2D eigenvalue weighted by Crippen LogP contribution is -2.44. The Morgan fingerprint density at radius 3 is 2.77 bits per heavy atom. The van der Waals surface area contributed by atoms with Crippen LogP contribution in [0.5, 0.6) is 0 Å². The minimum absolute atomic E-state index is 0.237. The summed E-state index contributed by atoms with van der Waals surface area (Å²) in [5, 5.41) is 6.79. The van der Waals surface area contributed by atoms with Crippen molar-refractivity contribution in [3.63, 3.8) is 0 Å². The van der Waals surface area contributed by atoms with Crippen LogP contribution in [0.3, 0.4) is 0 Å². The Kier molecular flexibility index (Phi) is 10.2. The molecule has 7 nitrogen and oxygen atoms in total. The van der Waals surface area contributed by atoms with Gasteiger partial charge in [0.15, 0.2) is 5.96 Å². The van der Waals surface area contributed by atoms with Gasteiger partial charge in [0, 0.05) is 33.9 Å². The number of piperidine rings is 1. The van der Waals surface area contributed by atoms with E-state index in [1.165, 1.54) is 19.3 Å². The highest BCUT2D eigenvalue weighted by Crippen LogP contribution is 2.24.